The van der Waals surface area contributed by atoms with Crippen LogP contribution in [0.1, 0.15) is 11.1 Å². The van der Waals surface area contributed by atoms with E-state index < -0.39 is 11.8 Å². The van der Waals surface area contributed by atoms with Crippen molar-refractivity contribution in [1.82, 2.24) is 10.7 Å². The molecule has 0 heterocycles. The molecule has 3 amide bonds. The second-order valence-corrected chi connectivity index (χ2v) is 9.06. The van der Waals surface area contributed by atoms with Crippen LogP contribution in [0.5, 0.6) is 23.0 Å². The Kier molecular flexibility index (Phi) is 11.3. The van der Waals surface area contributed by atoms with Gasteiger partial charge in [0, 0.05) is 16.7 Å². The van der Waals surface area contributed by atoms with Crippen LogP contribution in [0.3, 0.4) is 0 Å². The third-order valence-electron chi connectivity index (χ3n) is 5.41. The summed E-state index contributed by atoms with van der Waals surface area (Å²) in [6.45, 7) is 0.0162. The van der Waals surface area contributed by atoms with Gasteiger partial charge in [-0.15, -0.1) is 0 Å². The Labute approximate surface area is 240 Å². The van der Waals surface area contributed by atoms with E-state index in [1.54, 1.807) is 56.7 Å². The molecule has 12 heteroatoms. The predicted octanol–water partition coefficient (Wildman–Crippen LogP) is 3.30. The second kappa shape index (κ2) is 15.1. The van der Waals surface area contributed by atoms with Crippen LogP contribution >= 0.6 is 15.9 Å². The number of carbonyl (C=O) groups is 3. The van der Waals surface area contributed by atoms with Crippen LogP contribution in [0.15, 0.2) is 70.2 Å². The number of halogens is 1. The highest BCUT2D eigenvalue weighted by molar-refractivity contribution is 9.10. The third-order valence-corrected chi connectivity index (χ3v) is 5.94. The fourth-order valence-electron chi connectivity index (χ4n) is 3.41. The van der Waals surface area contributed by atoms with Crippen molar-refractivity contribution in [3.63, 3.8) is 0 Å². The molecule has 3 aromatic rings. The van der Waals surface area contributed by atoms with Crippen molar-refractivity contribution in [3.05, 3.63) is 76.3 Å². The number of ether oxygens (including phenoxy) is 4. The largest absolute Gasteiger partial charge is 0.493 e. The third kappa shape index (κ3) is 9.02. The SMILES string of the molecule is COc1ccc(CCNC(=O)C(=O)N/N=C\c2ccc(OCC(=O)Nc3ccc(Br)cc3)c(OC)c2)cc1OC. The molecule has 0 aliphatic rings. The van der Waals surface area contributed by atoms with Gasteiger partial charge in [0.05, 0.1) is 27.5 Å². The number of rotatable bonds is 12. The number of hydrogen-bond donors (Lipinski definition) is 3. The summed E-state index contributed by atoms with van der Waals surface area (Å²) in [5, 5.41) is 9.10. The molecule has 0 unspecified atom stereocenters. The fourth-order valence-corrected chi connectivity index (χ4v) is 3.67. The van der Waals surface area contributed by atoms with Gasteiger partial charge >= 0.3 is 11.8 Å². The summed E-state index contributed by atoms with van der Waals surface area (Å²) in [6, 6.07) is 17.5. The number of benzene rings is 3. The van der Waals surface area contributed by atoms with Gasteiger partial charge < -0.3 is 29.6 Å². The average Bonchev–Trinajstić information content (AvgIpc) is 2.97. The zero-order valence-electron chi connectivity index (χ0n) is 22.2. The summed E-state index contributed by atoms with van der Waals surface area (Å²) in [5.74, 6) is -0.167. The molecule has 0 saturated carbocycles. The summed E-state index contributed by atoms with van der Waals surface area (Å²) in [4.78, 5) is 36.4. The van der Waals surface area contributed by atoms with Gasteiger partial charge in [-0.25, -0.2) is 5.43 Å². The number of anilines is 1. The maximum absolute atomic E-state index is 12.2. The van der Waals surface area contributed by atoms with E-state index in [1.165, 1.54) is 13.3 Å². The van der Waals surface area contributed by atoms with E-state index in [0.29, 0.717) is 40.7 Å². The highest BCUT2D eigenvalue weighted by Crippen LogP contribution is 2.28. The number of hydrazone groups is 1. The highest BCUT2D eigenvalue weighted by atomic mass is 79.9. The second-order valence-electron chi connectivity index (χ2n) is 8.15. The van der Waals surface area contributed by atoms with E-state index in [2.05, 4.69) is 37.1 Å². The number of carbonyl (C=O) groups excluding carboxylic acids is 3. The molecule has 0 aliphatic carbocycles. The Morgan fingerprint density at radius 2 is 1.50 bits per heavy atom. The van der Waals surface area contributed by atoms with E-state index >= 15 is 0 Å². The van der Waals surface area contributed by atoms with Gasteiger partial charge in [0.15, 0.2) is 29.6 Å². The predicted molar refractivity (Wildman–Crippen MR) is 153 cm³/mol. The minimum atomic E-state index is -0.910. The van der Waals surface area contributed by atoms with Crippen molar-refractivity contribution in [2.75, 3.05) is 39.8 Å². The summed E-state index contributed by atoms with van der Waals surface area (Å²) in [7, 11) is 4.55. The molecule has 3 aromatic carbocycles. The minimum absolute atomic E-state index is 0.225. The zero-order chi connectivity index (χ0) is 28.9. The topological polar surface area (TPSA) is 137 Å². The van der Waals surface area contributed by atoms with Crippen LogP contribution in [0.2, 0.25) is 0 Å². The van der Waals surface area contributed by atoms with Crippen LogP contribution in [0, 0.1) is 0 Å². The van der Waals surface area contributed by atoms with Crippen molar-refractivity contribution in [1.29, 1.82) is 0 Å². The van der Waals surface area contributed by atoms with Crippen molar-refractivity contribution in [2.24, 2.45) is 5.10 Å². The van der Waals surface area contributed by atoms with E-state index in [0.717, 1.165) is 10.0 Å². The Hall–Kier alpha value is -4.58. The van der Waals surface area contributed by atoms with Gasteiger partial charge in [-0.2, -0.15) is 5.10 Å². The summed E-state index contributed by atoms with van der Waals surface area (Å²) in [5.41, 5.74) is 4.30. The van der Waals surface area contributed by atoms with Crippen molar-refractivity contribution < 1.29 is 33.3 Å². The van der Waals surface area contributed by atoms with E-state index in [4.69, 9.17) is 18.9 Å². The lowest BCUT2D eigenvalue weighted by molar-refractivity contribution is -0.139. The Morgan fingerprint density at radius 3 is 2.20 bits per heavy atom. The van der Waals surface area contributed by atoms with E-state index in [-0.39, 0.29) is 19.1 Å². The van der Waals surface area contributed by atoms with Gasteiger partial charge in [0.2, 0.25) is 0 Å². The average molecular weight is 613 g/mol. The molecule has 40 heavy (non-hydrogen) atoms. The van der Waals surface area contributed by atoms with Gasteiger partial charge in [0.1, 0.15) is 0 Å². The molecule has 210 valence electrons. The lowest BCUT2D eigenvalue weighted by Crippen LogP contribution is -2.38. The highest BCUT2D eigenvalue weighted by Gasteiger charge is 2.13. The molecule has 0 radical (unpaired) electrons. The summed E-state index contributed by atoms with van der Waals surface area (Å²) < 4.78 is 22.3. The van der Waals surface area contributed by atoms with Crippen LogP contribution in [-0.4, -0.2) is 58.4 Å². The van der Waals surface area contributed by atoms with Gasteiger partial charge in [0.25, 0.3) is 5.91 Å². The van der Waals surface area contributed by atoms with E-state index in [9.17, 15) is 14.4 Å². The summed E-state index contributed by atoms with van der Waals surface area (Å²) >= 11 is 3.34. The number of nitrogens with one attached hydrogen (secondary N) is 3. The van der Waals surface area contributed by atoms with Gasteiger partial charge in [-0.1, -0.05) is 22.0 Å². The van der Waals surface area contributed by atoms with Crippen LogP contribution in [-0.2, 0) is 20.8 Å². The van der Waals surface area contributed by atoms with Crippen LogP contribution in [0.25, 0.3) is 0 Å². The monoisotopic (exact) mass is 612 g/mol. The Bertz CT molecular complexity index is 1360. The standard InChI is InChI=1S/C28H29BrN4O7/c1-37-22-10-4-18(14-24(22)38-2)12-13-30-27(35)28(36)33-31-16-19-5-11-23(25(15-19)39-3)40-17-26(34)32-21-8-6-20(29)7-9-21/h4-11,14-16H,12-13,17H2,1-3H3,(H,30,35)(H,32,34)(H,33,36)/b31-16-. The molecule has 0 bridgehead atoms. The lowest BCUT2D eigenvalue weighted by Gasteiger charge is -2.11. The molecule has 3 N–H and O–H groups in total. The fraction of sp³-hybridized carbons (Fsp3) is 0.214. The Morgan fingerprint density at radius 1 is 0.825 bits per heavy atom. The molecule has 3 rings (SSSR count). The normalized spacial score (nSPS) is 10.5. The Balaban J connectivity index is 1.45. The first-order chi connectivity index (χ1) is 19.3. The number of amides is 3. The van der Waals surface area contributed by atoms with Crippen LogP contribution in [0.4, 0.5) is 5.69 Å². The van der Waals surface area contributed by atoms with Crippen molar-refractivity contribution in [3.8, 4) is 23.0 Å². The molecule has 0 saturated heterocycles. The lowest BCUT2D eigenvalue weighted by atomic mass is 10.1. The molecule has 0 fully saturated rings. The number of nitrogens with zero attached hydrogens (tertiary/aromatic N) is 1. The molecular formula is C28H29BrN4O7. The molecule has 0 atom stereocenters. The smallest absolute Gasteiger partial charge is 0.329 e. The molecular weight excluding hydrogens is 584 g/mol. The maximum Gasteiger partial charge on any atom is 0.329 e. The minimum Gasteiger partial charge on any atom is -0.493 e. The van der Waals surface area contributed by atoms with Gasteiger partial charge in [-0.05, 0) is 72.1 Å². The van der Waals surface area contributed by atoms with Crippen molar-refractivity contribution in [2.45, 2.75) is 6.42 Å². The first-order valence-electron chi connectivity index (χ1n) is 12.0. The summed E-state index contributed by atoms with van der Waals surface area (Å²) in [6.07, 6.45) is 1.84. The van der Waals surface area contributed by atoms with E-state index in [1.807, 2.05) is 18.2 Å². The molecule has 0 aromatic heterocycles. The molecule has 0 aliphatic heterocycles. The maximum atomic E-state index is 12.2. The van der Waals surface area contributed by atoms with Crippen LogP contribution < -0.4 is 35.0 Å². The zero-order valence-corrected chi connectivity index (χ0v) is 23.7. The number of hydrogen-bond acceptors (Lipinski definition) is 8. The molecule has 11 nitrogen and oxygen atoms in total. The molecule has 0 spiro atoms. The quantitative estimate of drug-likeness (QED) is 0.162. The van der Waals surface area contributed by atoms with Crippen molar-refractivity contribution >= 4 is 45.6 Å². The first kappa shape index (κ1) is 30.0. The number of methoxy groups -OCH3 is 3. The van der Waals surface area contributed by atoms with Gasteiger partial charge in [-0.3, -0.25) is 14.4 Å². The first-order valence-corrected chi connectivity index (χ1v) is 12.8.